The largest absolute Gasteiger partial charge is 0.497 e. The molecular formula is C84H94Cl2F8O6. The van der Waals surface area contributed by atoms with Crippen molar-refractivity contribution in [3.05, 3.63) is 212 Å². The van der Waals surface area contributed by atoms with Crippen LogP contribution in [0, 0.1) is 68.2 Å². The monoisotopic (exact) mass is 1420 g/mol. The predicted octanol–water partition coefficient (Wildman–Crippen LogP) is 24.2. The van der Waals surface area contributed by atoms with Crippen LogP contribution in [0.1, 0.15) is 201 Å². The Hall–Kier alpha value is -7.10. The molecular weight excluding hydrogens is 1330 g/mol. The number of hydrogen-bond donors (Lipinski definition) is 2. The van der Waals surface area contributed by atoms with Crippen molar-refractivity contribution in [2.24, 2.45) is 21.7 Å². The first-order chi connectivity index (χ1) is 47.5. The molecule has 0 amide bonds. The van der Waals surface area contributed by atoms with Crippen molar-refractivity contribution in [2.75, 3.05) is 28.4 Å². The Morgan fingerprint density at radius 3 is 0.710 bits per heavy atom. The Balaban J connectivity index is 0.000000156. The highest BCUT2D eigenvalue weighted by molar-refractivity contribution is 6.17. The van der Waals surface area contributed by atoms with Crippen LogP contribution in [0.2, 0.25) is 0 Å². The van der Waals surface area contributed by atoms with Gasteiger partial charge in [-0.05, 0) is 238 Å². The second kappa shape index (κ2) is 32.5. The van der Waals surface area contributed by atoms with Gasteiger partial charge in [0.2, 0.25) is 0 Å². The molecule has 0 aliphatic heterocycles. The molecule has 2 N–H and O–H groups in total. The molecule has 0 unspecified atom stereocenters. The van der Waals surface area contributed by atoms with E-state index in [1.807, 2.05) is 24.3 Å². The van der Waals surface area contributed by atoms with E-state index in [2.05, 4.69) is 55.4 Å². The van der Waals surface area contributed by atoms with E-state index in [0.29, 0.717) is 45.3 Å². The third-order valence-electron chi connectivity index (χ3n) is 21.7. The fraction of sp³-hybridized carbons (Fsp3) is 0.429. The summed E-state index contributed by atoms with van der Waals surface area (Å²) in [6.07, 6.45) is 12.3. The Morgan fingerprint density at radius 2 is 0.530 bits per heavy atom. The highest BCUT2D eigenvalue weighted by atomic mass is 35.5. The van der Waals surface area contributed by atoms with Crippen LogP contribution < -0.4 is 18.9 Å². The summed E-state index contributed by atoms with van der Waals surface area (Å²) in [6, 6.07) is 30.6. The van der Waals surface area contributed by atoms with Gasteiger partial charge in [-0.3, -0.25) is 0 Å². The van der Waals surface area contributed by atoms with Crippen LogP contribution in [0.15, 0.2) is 121 Å². The van der Waals surface area contributed by atoms with Crippen molar-refractivity contribution in [1.82, 2.24) is 0 Å². The first-order valence-electron chi connectivity index (χ1n) is 34.5. The minimum Gasteiger partial charge on any atom is -0.497 e. The summed E-state index contributed by atoms with van der Waals surface area (Å²) >= 11 is 11.9. The first kappa shape index (κ1) is 77.1. The number of halogens is 10. The second-order valence-corrected chi connectivity index (χ2v) is 30.4. The van der Waals surface area contributed by atoms with E-state index in [-0.39, 0.29) is 104 Å². The Labute approximate surface area is 595 Å². The number of ether oxygens (including phenoxy) is 4. The maximum atomic E-state index is 15.0. The van der Waals surface area contributed by atoms with Crippen LogP contribution >= 0.6 is 23.2 Å². The lowest BCUT2D eigenvalue weighted by Gasteiger charge is -2.30. The summed E-state index contributed by atoms with van der Waals surface area (Å²) in [5.74, 6) is -0.679. The molecule has 4 saturated carbocycles. The molecule has 0 aromatic heterocycles. The zero-order valence-electron chi connectivity index (χ0n) is 59.5. The Bertz CT molecular complexity index is 3670. The topological polar surface area (TPSA) is 77.4 Å². The third-order valence-corrected chi connectivity index (χ3v) is 22.3. The molecule has 16 heteroatoms. The number of aliphatic hydroxyl groups is 2. The van der Waals surface area contributed by atoms with Crippen molar-refractivity contribution >= 4 is 23.2 Å². The number of hydrogen-bond acceptors (Lipinski definition) is 6. The van der Waals surface area contributed by atoms with Gasteiger partial charge in [-0.15, -0.1) is 23.2 Å². The van der Waals surface area contributed by atoms with E-state index in [1.165, 1.54) is 101 Å². The lowest BCUT2D eigenvalue weighted by Crippen LogP contribution is -2.17. The maximum Gasteiger partial charge on any atom is 0.131 e. The molecule has 0 bridgehead atoms. The zero-order valence-corrected chi connectivity index (χ0v) is 61.0. The van der Waals surface area contributed by atoms with Crippen molar-refractivity contribution < 1.29 is 64.3 Å². The van der Waals surface area contributed by atoms with Crippen LogP contribution in [0.3, 0.4) is 0 Å². The first-order valence-corrected chi connectivity index (χ1v) is 35.5. The molecule has 4 aliphatic carbocycles. The summed E-state index contributed by atoms with van der Waals surface area (Å²) in [5.41, 5.74) is 7.99. The molecule has 536 valence electrons. The van der Waals surface area contributed by atoms with Crippen LogP contribution in [-0.4, -0.2) is 38.7 Å². The fourth-order valence-corrected chi connectivity index (χ4v) is 16.5. The van der Waals surface area contributed by atoms with Crippen molar-refractivity contribution in [1.29, 1.82) is 0 Å². The number of methoxy groups -OCH3 is 4. The molecule has 8 aromatic rings. The SMILES string of the molecule is COc1ccc(F)c(-c2c(F)cc(CCl)cc2[C@@H]2CCCC2(C)C)c1.COc1ccc(F)c(-c2c(F)cc(CCl)cc2[C@H]2CCCC2(C)C)c1.COc1ccc(F)c(-c2c(F)cc(CO)cc2[C@@H]2CCCC2(C)C)c1.COc1ccc(F)c(-c2c(F)cc(CO)cc2[C@H]2CCCC2(C)C)c1. The number of benzene rings is 8. The molecule has 0 saturated heterocycles. The molecule has 4 fully saturated rings. The van der Waals surface area contributed by atoms with Crippen molar-refractivity contribution in [3.63, 3.8) is 0 Å². The third kappa shape index (κ3) is 16.8. The van der Waals surface area contributed by atoms with Gasteiger partial charge in [0.05, 0.1) is 41.7 Å². The van der Waals surface area contributed by atoms with Gasteiger partial charge in [-0.1, -0.05) is 105 Å². The van der Waals surface area contributed by atoms with Gasteiger partial charge in [-0.25, -0.2) is 35.1 Å². The van der Waals surface area contributed by atoms with E-state index in [0.717, 1.165) is 110 Å². The van der Waals surface area contributed by atoms with Gasteiger partial charge in [0.25, 0.3) is 0 Å². The van der Waals surface area contributed by atoms with Gasteiger partial charge < -0.3 is 29.2 Å². The summed E-state index contributed by atoms with van der Waals surface area (Å²) in [5, 5.41) is 19.0. The van der Waals surface area contributed by atoms with Gasteiger partial charge in [0.15, 0.2) is 0 Å². The molecule has 0 spiro atoms. The van der Waals surface area contributed by atoms with E-state index in [9.17, 15) is 36.6 Å². The van der Waals surface area contributed by atoms with Gasteiger partial charge >= 0.3 is 0 Å². The highest BCUT2D eigenvalue weighted by Gasteiger charge is 2.42. The lowest BCUT2D eigenvalue weighted by molar-refractivity contribution is 0.280. The van der Waals surface area contributed by atoms with E-state index in [4.69, 9.17) is 42.1 Å². The average molecular weight is 1420 g/mol. The number of rotatable bonds is 16. The van der Waals surface area contributed by atoms with E-state index in [1.54, 1.807) is 24.3 Å². The molecule has 12 rings (SSSR count). The fourth-order valence-electron chi connectivity index (χ4n) is 16.2. The summed E-state index contributed by atoms with van der Waals surface area (Å²) in [6.45, 7) is 17.0. The van der Waals surface area contributed by atoms with Crippen molar-refractivity contribution in [3.8, 4) is 67.5 Å². The zero-order chi connectivity index (χ0) is 72.8. The van der Waals surface area contributed by atoms with Gasteiger partial charge in [0, 0.05) is 56.3 Å². The Kier molecular flexibility index (Phi) is 25.0. The van der Waals surface area contributed by atoms with Crippen LogP contribution in [0.4, 0.5) is 35.1 Å². The van der Waals surface area contributed by atoms with Gasteiger partial charge in [0.1, 0.15) is 69.5 Å². The Morgan fingerprint density at radius 1 is 0.320 bits per heavy atom. The minimum atomic E-state index is -0.503. The highest BCUT2D eigenvalue weighted by Crippen LogP contribution is 2.56. The quantitative estimate of drug-likeness (QED) is 0.0741. The lowest BCUT2D eigenvalue weighted by atomic mass is 9.75. The molecule has 8 aromatic carbocycles. The van der Waals surface area contributed by atoms with Crippen LogP contribution in [0.5, 0.6) is 23.0 Å². The number of alkyl halides is 2. The standard InChI is InChI=1S/2C21H23ClF2O.2C21H24F2O2/c2*1-21(2)8-4-5-17(21)15-9-13(12-22)10-19(24)20(15)16-11-14(25-3)6-7-18(16)23;2*1-21(2)8-4-5-17(21)15-9-13(12-24)10-19(23)20(15)16-11-14(25-3)6-7-18(16)22/h2*6-7,9-11,17H,4-5,8,12H2,1-3H3;2*6-7,9-11,17,24H,4-5,8,12H2,1-3H3/t4*17-/m1010/s1. The van der Waals surface area contributed by atoms with Crippen molar-refractivity contribution in [2.45, 2.75) is 181 Å². The smallest absolute Gasteiger partial charge is 0.131 e. The van der Waals surface area contributed by atoms with E-state index < -0.39 is 46.5 Å². The summed E-state index contributed by atoms with van der Waals surface area (Å²) in [4.78, 5) is 0. The van der Waals surface area contributed by atoms with Crippen LogP contribution in [0.25, 0.3) is 44.5 Å². The summed E-state index contributed by atoms with van der Waals surface area (Å²) < 4.78 is 139. The molecule has 4 aliphatic rings. The maximum absolute atomic E-state index is 15.0. The summed E-state index contributed by atoms with van der Waals surface area (Å²) in [7, 11) is 6.04. The molecule has 6 nitrogen and oxygen atoms in total. The van der Waals surface area contributed by atoms with Gasteiger partial charge in [-0.2, -0.15) is 0 Å². The molecule has 0 heterocycles. The number of aliphatic hydroxyl groups excluding tert-OH is 2. The second-order valence-electron chi connectivity index (χ2n) is 29.9. The van der Waals surface area contributed by atoms with E-state index >= 15 is 8.78 Å². The molecule has 100 heavy (non-hydrogen) atoms. The predicted molar refractivity (Wildman–Crippen MR) is 386 cm³/mol. The molecule has 0 radical (unpaired) electrons. The minimum absolute atomic E-state index is 0.00458. The normalized spacial score (nSPS) is 19.2. The molecule has 4 atom stereocenters. The average Bonchev–Trinajstić information content (AvgIpc) is 1.40. The van der Waals surface area contributed by atoms with Crippen LogP contribution in [-0.2, 0) is 25.0 Å².